The molecule has 0 saturated heterocycles. The van der Waals surface area contributed by atoms with Gasteiger partial charge in [-0.15, -0.1) is 5.10 Å². The quantitative estimate of drug-likeness (QED) is 0.719. The van der Waals surface area contributed by atoms with Crippen LogP contribution in [0.1, 0.15) is 21.6 Å². The summed E-state index contributed by atoms with van der Waals surface area (Å²) in [5.41, 5.74) is 1.26. The van der Waals surface area contributed by atoms with Crippen molar-refractivity contribution in [2.24, 2.45) is 7.05 Å². The first-order valence-corrected chi connectivity index (χ1v) is 4.75. The van der Waals surface area contributed by atoms with E-state index in [1.54, 1.807) is 14.0 Å². The van der Waals surface area contributed by atoms with Crippen molar-refractivity contribution in [3.05, 3.63) is 47.0 Å². The second-order valence-electron chi connectivity index (χ2n) is 3.54. The lowest BCUT2D eigenvalue weighted by Gasteiger charge is -2.02. The topological polar surface area (TPSA) is 47.8 Å². The van der Waals surface area contributed by atoms with E-state index in [1.165, 1.54) is 29.1 Å². The van der Waals surface area contributed by atoms with Crippen molar-refractivity contribution in [3.63, 3.8) is 0 Å². The molecule has 0 aliphatic rings. The highest BCUT2D eigenvalue weighted by Crippen LogP contribution is 2.12. The first kappa shape index (κ1) is 10.5. The highest BCUT2D eigenvalue weighted by Gasteiger charge is 2.14. The standard InChI is InChI=1S/C11H10FN3O/c1-7-5-8(3-4-9(7)12)11(16)10-6-13-14-15(10)2/h3-6H,1-2H3. The van der Waals surface area contributed by atoms with E-state index in [-0.39, 0.29) is 11.6 Å². The van der Waals surface area contributed by atoms with Gasteiger partial charge in [-0.3, -0.25) is 4.79 Å². The Morgan fingerprint density at radius 2 is 2.19 bits per heavy atom. The second kappa shape index (κ2) is 3.84. The van der Waals surface area contributed by atoms with Crippen LogP contribution in [0.25, 0.3) is 0 Å². The lowest BCUT2D eigenvalue weighted by molar-refractivity contribution is 0.103. The summed E-state index contributed by atoms with van der Waals surface area (Å²) in [6, 6.07) is 4.26. The Labute approximate surface area is 91.7 Å². The van der Waals surface area contributed by atoms with Gasteiger partial charge in [-0.25, -0.2) is 9.07 Å². The third-order valence-corrected chi connectivity index (χ3v) is 2.37. The molecule has 82 valence electrons. The normalized spacial score (nSPS) is 10.4. The molecule has 0 aliphatic heterocycles. The molecule has 16 heavy (non-hydrogen) atoms. The maximum absolute atomic E-state index is 13.0. The zero-order valence-corrected chi connectivity index (χ0v) is 8.94. The average Bonchev–Trinajstić information content (AvgIpc) is 2.67. The van der Waals surface area contributed by atoms with E-state index in [9.17, 15) is 9.18 Å². The molecule has 0 amide bonds. The number of nitrogens with zero attached hydrogens (tertiary/aromatic N) is 3. The summed E-state index contributed by atoms with van der Waals surface area (Å²) < 4.78 is 14.4. The predicted molar refractivity (Wildman–Crippen MR) is 55.6 cm³/mol. The molecule has 0 fully saturated rings. The molecule has 0 saturated carbocycles. The summed E-state index contributed by atoms with van der Waals surface area (Å²) in [6.07, 6.45) is 1.39. The summed E-state index contributed by atoms with van der Waals surface area (Å²) >= 11 is 0. The summed E-state index contributed by atoms with van der Waals surface area (Å²) in [7, 11) is 1.64. The number of carbonyl (C=O) groups excluding carboxylic acids is 1. The Kier molecular flexibility index (Phi) is 2.52. The van der Waals surface area contributed by atoms with E-state index < -0.39 is 0 Å². The Bertz CT molecular complexity index is 548. The van der Waals surface area contributed by atoms with Crippen LogP contribution in [0.5, 0.6) is 0 Å². The Morgan fingerprint density at radius 3 is 2.75 bits per heavy atom. The molecule has 0 spiro atoms. The predicted octanol–water partition coefficient (Wildman–Crippen LogP) is 1.49. The summed E-state index contributed by atoms with van der Waals surface area (Å²) in [4.78, 5) is 12.0. The zero-order valence-electron chi connectivity index (χ0n) is 8.94. The highest BCUT2D eigenvalue weighted by atomic mass is 19.1. The molecule has 0 unspecified atom stereocenters. The van der Waals surface area contributed by atoms with Crippen molar-refractivity contribution in [2.75, 3.05) is 0 Å². The van der Waals surface area contributed by atoms with Gasteiger partial charge in [0.2, 0.25) is 5.78 Å². The molecule has 1 heterocycles. The van der Waals surface area contributed by atoms with E-state index in [1.807, 2.05) is 0 Å². The van der Waals surface area contributed by atoms with Gasteiger partial charge >= 0.3 is 0 Å². The lowest BCUT2D eigenvalue weighted by Crippen LogP contribution is -2.08. The molecule has 0 atom stereocenters. The number of carbonyl (C=O) groups is 1. The first-order chi connectivity index (χ1) is 7.59. The third-order valence-electron chi connectivity index (χ3n) is 2.37. The van der Waals surface area contributed by atoms with Crippen molar-refractivity contribution in [1.82, 2.24) is 15.0 Å². The van der Waals surface area contributed by atoms with E-state index in [4.69, 9.17) is 0 Å². The molecule has 0 radical (unpaired) electrons. The molecule has 1 aromatic heterocycles. The zero-order chi connectivity index (χ0) is 11.7. The Balaban J connectivity index is 2.42. The van der Waals surface area contributed by atoms with Crippen molar-refractivity contribution >= 4 is 5.78 Å². The van der Waals surface area contributed by atoms with Gasteiger partial charge in [-0.05, 0) is 30.7 Å². The maximum atomic E-state index is 13.0. The van der Waals surface area contributed by atoms with Gasteiger partial charge in [0.15, 0.2) is 0 Å². The van der Waals surface area contributed by atoms with Gasteiger partial charge in [0, 0.05) is 12.6 Å². The summed E-state index contributed by atoms with van der Waals surface area (Å²) in [5, 5.41) is 7.30. The van der Waals surface area contributed by atoms with Crippen LogP contribution in [0.2, 0.25) is 0 Å². The van der Waals surface area contributed by atoms with Crippen molar-refractivity contribution < 1.29 is 9.18 Å². The fourth-order valence-electron chi connectivity index (χ4n) is 1.43. The number of hydrogen-bond donors (Lipinski definition) is 0. The van der Waals surface area contributed by atoms with E-state index in [2.05, 4.69) is 10.3 Å². The summed E-state index contributed by atoms with van der Waals surface area (Å²) in [6.45, 7) is 1.62. The van der Waals surface area contributed by atoms with Crippen LogP contribution in [-0.4, -0.2) is 20.8 Å². The molecule has 5 heteroatoms. The molecule has 0 bridgehead atoms. The Hall–Kier alpha value is -2.04. The minimum atomic E-state index is -0.320. The number of benzene rings is 1. The minimum absolute atomic E-state index is 0.212. The molecule has 0 N–H and O–H groups in total. The maximum Gasteiger partial charge on any atom is 0.212 e. The minimum Gasteiger partial charge on any atom is -0.287 e. The molecule has 0 aliphatic carbocycles. The van der Waals surface area contributed by atoms with E-state index in [0.717, 1.165) is 0 Å². The smallest absolute Gasteiger partial charge is 0.212 e. The van der Waals surface area contributed by atoms with Crippen LogP contribution < -0.4 is 0 Å². The summed E-state index contributed by atoms with van der Waals surface area (Å²) in [5.74, 6) is -0.532. The fourth-order valence-corrected chi connectivity index (χ4v) is 1.43. The number of aromatic nitrogens is 3. The third kappa shape index (κ3) is 1.71. The molecule has 1 aromatic carbocycles. The van der Waals surface area contributed by atoms with Crippen LogP contribution in [0.3, 0.4) is 0 Å². The van der Waals surface area contributed by atoms with Crippen LogP contribution >= 0.6 is 0 Å². The molecule has 2 rings (SSSR count). The van der Waals surface area contributed by atoms with Crippen LogP contribution in [0, 0.1) is 12.7 Å². The van der Waals surface area contributed by atoms with Crippen molar-refractivity contribution in [1.29, 1.82) is 0 Å². The highest BCUT2D eigenvalue weighted by molar-refractivity contribution is 6.07. The van der Waals surface area contributed by atoms with Gasteiger partial charge in [0.05, 0.1) is 6.20 Å². The van der Waals surface area contributed by atoms with Crippen LogP contribution in [0.15, 0.2) is 24.4 Å². The first-order valence-electron chi connectivity index (χ1n) is 4.75. The molecule has 2 aromatic rings. The average molecular weight is 219 g/mol. The monoisotopic (exact) mass is 219 g/mol. The molecule has 4 nitrogen and oxygen atoms in total. The van der Waals surface area contributed by atoms with Crippen LogP contribution in [0.4, 0.5) is 4.39 Å². The van der Waals surface area contributed by atoms with Gasteiger partial charge in [0.1, 0.15) is 11.5 Å². The SMILES string of the molecule is Cc1cc(C(=O)c2cnnn2C)ccc1F. The fraction of sp³-hybridized carbons (Fsp3) is 0.182. The van der Waals surface area contributed by atoms with Crippen molar-refractivity contribution in [2.45, 2.75) is 6.92 Å². The van der Waals surface area contributed by atoms with Gasteiger partial charge < -0.3 is 0 Å². The number of rotatable bonds is 2. The van der Waals surface area contributed by atoms with Crippen molar-refractivity contribution in [3.8, 4) is 0 Å². The molecular formula is C11H10FN3O. The second-order valence-corrected chi connectivity index (χ2v) is 3.54. The molecular weight excluding hydrogens is 209 g/mol. The Morgan fingerprint density at radius 1 is 1.44 bits per heavy atom. The van der Waals surface area contributed by atoms with Gasteiger partial charge in [-0.1, -0.05) is 5.21 Å². The van der Waals surface area contributed by atoms with E-state index in [0.29, 0.717) is 16.8 Å². The van der Waals surface area contributed by atoms with Gasteiger partial charge in [0.25, 0.3) is 0 Å². The number of hydrogen-bond acceptors (Lipinski definition) is 3. The lowest BCUT2D eigenvalue weighted by atomic mass is 10.1. The number of halogens is 1. The van der Waals surface area contributed by atoms with E-state index >= 15 is 0 Å². The van der Waals surface area contributed by atoms with Gasteiger partial charge in [-0.2, -0.15) is 0 Å². The van der Waals surface area contributed by atoms with Crippen LogP contribution in [-0.2, 0) is 7.05 Å². The number of ketones is 1. The largest absolute Gasteiger partial charge is 0.287 e. The number of aryl methyl sites for hydroxylation is 2.